The maximum atomic E-state index is 9.92. The first kappa shape index (κ1) is 12.5. The van der Waals surface area contributed by atoms with Crippen LogP contribution in [0, 0.1) is 12.8 Å². The maximum absolute atomic E-state index is 9.92. The van der Waals surface area contributed by atoms with Crippen molar-refractivity contribution in [2.45, 2.75) is 31.8 Å². The lowest BCUT2D eigenvalue weighted by molar-refractivity contribution is -0.177. The van der Waals surface area contributed by atoms with Crippen LogP contribution in [0.3, 0.4) is 0 Å². The third kappa shape index (κ3) is 2.66. The number of aliphatic hydroxyl groups is 3. The van der Waals surface area contributed by atoms with Crippen LogP contribution in [0.25, 0.3) is 0 Å². The summed E-state index contributed by atoms with van der Waals surface area (Å²) in [6.07, 6.45) is 0.974. The second kappa shape index (κ2) is 5.14. The number of aromatic nitrogens is 2. The summed E-state index contributed by atoms with van der Waals surface area (Å²) in [7, 11) is 0. The van der Waals surface area contributed by atoms with Crippen molar-refractivity contribution in [1.82, 2.24) is 9.78 Å². The van der Waals surface area contributed by atoms with E-state index in [0.29, 0.717) is 13.2 Å². The van der Waals surface area contributed by atoms with Gasteiger partial charge in [0.2, 0.25) is 0 Å². The van der Waals surface area contributed by atoms with Crippen LogP contribution in [0.5, 0.6) is 0 Å². The molecule has 0 unspecified atom stereocenters. The van der Waals surface area contributed by atoms with E-state index in [9.17, 15) is 10.2 Å². The summed E-state index contributed by atoms with van der Waals surface area (Å²) >= 11 is 0. The van der Waals surface area contributed by atoms with Crippen molar-refractivity contribution in [2.24, 2.45) is 5.92 Å². The lowest BCUT2D eigenvalue weighted by atomic mass is 9.92. The molecule has 1 aliphatic heterocycles. The average molecular weight is 242 g/mol. The summed E-state index contributed by atoms with van der Waals surface area (Å²) in [5.74, 6) is -0.216. The third-order valence-corrected chi connectivity index (χ3v) is 3.10. The fraction of sp³-hybridized carbons (Fsp3) is 0.727. The van der Waals surface area contributed by atoms with Gasteiger partial charge in [-0.1, -0.05) is 0 Å². The van der Waals surface area contributed by atoms with E-state index in [-0.39, 0.29) is 12.5 Å². The highest BCUT2D eigenvalue weighted by Gasteiger charge is 2.38. The van der Waals surface area contributed by atoms with Crippen molar-refractivity contribution in [1.29, 1.82) is 0 Å². The largest absolute Gasteiger partial charge is 0.394 e. The summed E-state index contributed by atoms with van der Waals surface area (Å²) in [6, 6.07) is 0. The molecule has 17 heavy (non-hydrogen) atoms. The van der Waals surface area contributed by atoms with E-state index < -0.39 is 18.3 Å². The average Bonchev–Trinajstić information content (AvgIpc) is 2.71. The molecule has 1 aromatic rings. The lowest BCUT2D eigenvalue weighted by Gasteiger charge is -2.36. The molecule has 0 saturated carbocycles. The molecular formula is C11H18N2O4. The van der Waals surface area contributed by atoms with Gasteiger partial charge in [-0.05, 0) is 12.5 Å². The van der Waals surface area contributed by atoms with E-state index in [4.69, 9.17) is 9.84 Å². The summed E-state index contributed by atoms with van der Waals surface area (Å²) in [5, 5.41) is 32.7. The van der Waals surface area contributed by atoms with Crippen molar-refractivity contribution in [3.8, 4) is 0 Å². The van der Waals surface area contributed by atoms with Gasteiger partial charge in [0, 0.05) is 18.7 Å². The highest BCUT2D eigenvalue weighted by atomic mass is 16.5. The Morgan fingerprint density at radius 1 is 1.47 bits per heavy atom. The quantitative estimate of drug-likeness (QED) is 0.627. The maximum Gasteiger partial charge on any atom is 0.109 e. The van der Waals surface area contributed by atoms with E-state index in [1.54, 1.807) is 10.9 Å². The zero-order valence-electron chi connectivity index (χ0n) is 9.73. The molecule has 0 aromatic carbocycles. The summed E-state index contributed by atoms with van der Waals surface area (Å²) in [5.41, 5.74) is 1.05. The predicted octanol–water partition coefficient (Wildman–Crippen LogP) is -1.08. The van der Waals surface area contributed by atoms with Gasteiger partial charge in [0.05, 0.1) is 25.5 Å². The molecule has 2 heterocycles. The number of aliphatic hydroxyl groups excluding tert-OH is 3. The Bertz CT molecular complexity index is 368. The standard InChI is InChI=1S/C11H18N2O4/c1-7-2-12-13(3-7)4-8-6-17-9(5-14)11(16)10(8)15/h2-3,8-11,14-16H,4-6H2,1H3/t8-,9-,10-,11+/m1/s1. The minimum Gasteiger partial charge on any atom is -0.394 e. The van der Waals surface area contributed by atoms with Crippen LogP contribution in [-0.2, 0) is 11.3 Å². The van der Waals surface area contributed by atoms with Gasteiger partial charge in [-0.2, -0.15) is 5.10 Å². The second-order valence-electron chi connectivity index (χ2n) is 4.54. The Hall–Kier alpha value is -0.950. The highest BCUT2D eigenvalue weighted by Crippen LogP contribution is 2.21. The van der Waals surface area contributed by atoms with Crippen LogP contribution in [0.2, 0.25) is 0 Å². The van der Waals surface area contributed by atoms with Crippen molar-refractivity contribution in [2.75, 3.05) is 13.2 Å². The van der Waals surface area contributed by atoms with Crippen LogP contribution < -0.4 is 0 Å². The summed E-state index contributed by atoms with van der Waals surface area (Å²) < 4.78 is 7.02. The van der Waals surface area contributed by atoms with Crippen LogP contribution in [0.1, 0.15) is 5.56 Å². The van der Waals surface area contributed by atoms with E-state index in [1.165, 1.54) is 0 Å². The molecule has 0 spiro atoms. The summed E-state index contributed by atoms with van der Waals surface area (Å²) in [4.78, 5) is 0. The molecule has 0 aliphatic carbocycles. The van der Waals surface area contributed by atoms with Crippen LogP contribution >= 0.6 is 0 Å². The Morgan fingerprint density at radius 3 is 2.82 bits per heavy atom. The van der Waals surface area contributed by atoms with Gasteiger partial charge in [0.25, 0.3) is 0 Å². The zero-order chi connectivity index (χ0) is 12.4. The van der Waals surface area contributed by atoms with Gasteiger partial charge in [-0.15, -0.1) is 0 Å². The van der Waals surface area contributed by atoms with Crippen LogP contribution in [0.15, 0.2) is 12.4 Å². The first-order valence-corrected chi connectivity index (χ1v) is 5.69. The van der Waals surface area contributed by atoms with Gasteiger partial charge < -0.3 is 20.1 Å². The molecule has 2 rings (SSSR count). The van der Waals surface area contributed by atoms with Gasteiger partial charge in [0.1, 0.15) is 12.2 Å². The number of hydrogen-bond acceptors (Lipinski definition) is 5. The van der Waals surface area contributed by atoms with Gasteiger partial charge in [0.15, 0.2) is 0 Å². The van der Waals surface area contributed by atoms with E-state index in [1.807, 2.05) is 13.1 Å². The first-order chi connectivity index (χ1) is 8.11. The Kier molecular flexibility index (Phi) is 3.78. The zero-order valence-corrected chi connectivity index (χ0v) is 9.73. The topological polar surface area (TPSA) is 87.7 Å². The molecule has 3 N–H and O–H groups in total. The smallest absolute Gasteiger partial charge is 0.109 e. The molecule has 0 amide bonds. The first-order valence-electron chi connectivity index (χ1n) is 5.69. The van der Waals surface area contributed by atoms with Crippen LogP contribution in [-0.4, -0.2) is 56.6 Å². The number of hydrogen-bond donors (Lipinski definition) is 3. The molecule has 4 atom stereocenters. The van der Waals surface area contributed by atoms with Crippen LogP contribution in [0.4, 0.5) is 0 Å². The highest BCUT2D eigenvalue weighted by molar-refractivity contribution is 4.99. The minimum absolute atomic E-state index is 0.216. The van der Waals surface area contributed by atoms with Gasteiger partial charge in [-0.3, -0.25) is 4.68 Å². The Balaban J connectivity index is 1.98. The fourth-order valence-corrected chi connectivity index (χ4v) is 2.07. The van der Waals surface area contributed by atoms with E-state index in [0.717, 1.165) is 5.56 Å². The third-order valence-electron chi connectivity index (χ3n) is 3.10. The fourth-order valence-electron chi connectivity index (χ4n) is 2.07. The summed E-state index contributed by atoms with van der Waals surface area (Å²) in [6.45, 7) is 2.45. The number of rotatable bonds is 3. The van der Waals surface area contributed by atoms with E-state index >= 15 is 0 Å². The van der Waals surface area contributed by atoms with Crippen molar-refractivity contribution in [3.63, 3.8) is 0 Å². The SMILES string of the molecule is Cc1cnn(C[C@@H]2CO[C@H](CO)[C@H](O)[C@@H]2O)c1. The van der Waals surface area contributed by atoms with Crippen molar-refractivity contribution < 1.29 is 20.1 Å². The minimum atomic E-state index is -1.05. The Labute approximate surface area is 99.4 Å². The number of aryl methyl sites for hydroxylation is 1. The van der Waals surface area contributed by atoms with E-state index in [2.05, 4.69) is 5.10 Å². The molecule has 0 bridgehead atoms. The molecule has 1 saturated heterocycles. The second-order valence-corrected chi connectivity index (χ2v) is 4.54. The van der Waals surface area contributed by atoms with Gasteiger partial charge in [-0.25, -0.2) is 0 Å². The van der Waals surface area contributed by atoms with Crippen molar-refractivity contribution >= 4 is 0 Å². The normalized spacial score (nSPS) is 33.9. The van der Waals surface area contributed by atoms with Gasteiger partial charge >= 0.3 is 0 Å². The number of nitrogens with zero attached hydrogens (tertiary/aromatic N) is 2. The molecule has 96 valence electrons. The predicted molar refractivity (Wildman–Crippen MR) is 59.3 cm³/mol. The number of ether oxygens (including phenoxy) is 1. The molecule has 6 nitrogen and oxygen atoms in total. The molecule has 0 radical (unpaired) electrons. The molecule has 1 fully saturated rings. The molecular weight excluding hydrogens is 224 g/mol. The molecule has 1 aliphatic rings. The monoisotopic (exact) mass is 242 g/mol. The molecule has 1 aromatic heterocycles. The van der Waals surface area contributed by atoms with Crippen molar-refractivity contribution in [3.05, 3.63) is 18.0 Å². The lowest BCUT2D eigenvalue weighted by Crippen LogP contribution is -2.52. The molecule has 6 heteroatoms. The Morgan fingerprint density at radius 2 is 2.24 bits per heavy atom.